The molecule has 0 radical (unpaired) electrons. The summed E-state index contributed by atoms with van der Waals surface area (Å²) in [6, 6.07) is 12.6. The van der Waals surface area contributed by atoms with Gasteiger partial charge in [-0.05, 0) is 49.7 Å². The first-order chi connectivity index (χ1) is 14.8. The van der Waals surface area contributed by atoms with Crippen molar-refractivity contribution < 1.29 is 18.3 Å². The first kappa shape index (κ1) is 21.8. The van der Waals surface area contributed by atoms with Crippen LogP contribution in [0.4, 0.5) is 0 Å². The molecule has 31 heavy (non-hydrogen) atoms. The Morgan fingerprint density at radius 2 is 1.74 bits per heavy atom. The van der Waals surface area contributed by atoms with Crippen molar-refractivity contribution in [3.05, 3.63) is 59.3 Å². The molecule has 0 bridgehead atoms. The molecule has 1 fully saturated rings. The molecule has 3 aromatic rings. The number of rotatable bonds is 6. The molecule has 1 aromatic heterocycles. The van der Waals surface area contributed by atoms with Crippen LogP contribution in [0.25, 0.3) is 10.9 Å². The summed E-state index contributed by atoms with van der Waals surface area (Å²) in [6.07, 6.45) is -0.638. The summed E-state index contributed by atoms with van der Waals surface area (Å²) in [5.41, 5.74) is 4.09. The van der Waals surface area contributed by atoms with Crippen molar-refractivity contribution in [1.82, 2.24) is 14.2 Å². The van der Waals surface area contributed by atoms with Crippen LogP contribution in [0.2, 0.25) is 0 Å². The minimum Gasteiger partial charge on any atom is -0.497 e. The summed E-state index contributed by atoms with van der Waals surface area (Å²) in [4.78, 5) is 5.76. The quantitative estimate of drug-likeness (QED) is 0.612. The lowest BCUT2D eigenvalue weighted by atomic mass is 10.0. The van der Waals surface area contributed by atoms with Gasteiger partial charge in [0, 0.05) is 54.9 Å². The number of H-pyrrole nitrogens is 1. The molecule has 0 unspecified atom stereocenters. The fourth-order valence-corrected chi connectivity index (χ4v) is 5.70. The van der Waals surface area contributed by atoms with Gasteiger partial charge in [0.1, 0.15) is 5.75 Å². The van der Waals surface area contributed by atoms with Crippen LogP contribution in [0.15, 0.2) is 47.4 Å². The van der Waals surface area contributed by atoms with E-state index >= 15 is 0 Å². The highest BCUT2D eigenvalue weighted by atomic mass is 32.2. The summed E-state index contributed by atoms with van der Waals surface area (Å²) < 4.78 is 32.5. The van der Waals surface area contributed by atoms with E-state index in [1.54, 1.807) is 31.4 Å². The Balaban J connectivity index is 1.41. The van der Waals surface area contributed by atoms with Gasteiger partial charge in [-0.3, -0.25) is 4.90 Å². The Kier molecular flexibility index (Phi) is 6.07. The lowest BCUT2D eigenvalue weighted by molar-refractivity contribution is 0.0926. The second-order valence-electron chi connectivity index (χ2n) is 8.11. The SMILES string of the molecule is COc1ccc(S(=O)(=O)N2CCN(C[C@H](O)c3c(C)[nH]c4cc(C)ccc34)CC2)cc1. The second kappa shape index (κ2) is 8.63. The largest absolute Gasteiger partial charge is 0.497 e. The van der Waals surface area contributed by atoms with Crippen molar-refractivity contribution in [3.63, 3.8) is 0 Å². The molecule has 0 aliphatic carbocycles. The Labute approximate surface area is 183 Å². The number of nitrogens with one attached hydrogen (secondary N) is 1. The molecule has 2 heterocycles. The predicted molar refractivity (Wildman–Crippen MR) is 121 cm³/mol. The number of β-amino-alcohol motifs (C(OH)–C–C–N with tert-alkyl or cyclic N) is 1. The minimum atomic E-state index is -3.54. The molecule has 8 heteroatoms. The van der Waals surface area contributed by atoms with Gasteiger partial charge in [0.05, 0.1) is 18.1 Å². The highest BCUT2D eigenvalue weighted by molar-refractivity contribution is 7.89. The monoisotopic (exact) mass is 443 g/mol. The van der Waals surface area contributed by atoms with Gasteiger partial charge in [-0.2, -0.15) is 4.31 Å². The molecule has 2 N–H and O–H groups in total. The number of piperazine rings is 1. The van der Waals surface area contributed by atoms with E-state index in [1.807, 2.05) is 19.9 Å². The van der Waals surface area contributed by atoms with Gasteiger partial charge in [-0.1, -0.05) is 12.1 Å². The van der Waals surface area contributed by atoms with Crippen LogP contribution in [0, 0.1) is 13.8 Å². The van der Waals surface area contributed by atoms with Crippen LogP contribution >= 0.6 is 0 Å². The van der Waals surface area contributed by atoms with E-state index in [0.717, 1.165) is 22.2 Å². The van der Waals surface area contributed by atoms with Gasteiger partial charge in [-0.15, -0.1) is 0 Å². The van der Waals surface area contributed by atoms with E-state index in [-0.39, 0.29) is 4.90 Å². The topological polar surface area (TPSA) is 85.9 Å². The van der Waals surface area contributed by atoms with Gasteiger partial charge in [0.25, 0.3) is 0 Å². The third-order valence-electron chi connectivity index (χ3n) is 5.98. The predicted octanol–water partition coefficient (Wildman–Crippen LogP) is 2.83. The Bertz CT molecular complexity index is 1160. The smallest absolute Gasteiger partial charge is 0.243 e. The van der Waals surface area contributed by atoms with Crippen molar-refractivity contribution in [3.8, 4) is 5.75 Å². The van der Waals surface area contributed by atoms with Crippen molar-refractivity contribution in [2.45, 2.75) is 24.8 Å². The fraction of sp³-hybridized carbons (Fsp3) is 0.391. The normalized spacial score (nSPS) is 17.2. The standard InChI is InChI=1S/C23H29N3O4S/c1-16-4-9-20-21(14-16)24-17(2)23(20)22(27)15-25-10-12-26(13-11-25)31(28,29)19-7-5-18(30-3)6-8-19/h4-9,14,22,24,27H,10-13,15H2,1-3H3/t22-/m0/s1. The van der Waals surface area contributed by atoms with E-state index in [1.165, 1.54) is 9.87 Å². The van der Waals surface area contributed by atoms with E-state index in [0.29, 0.717) is 38.5 Å². The molecule has 4 rings (SSSR count). The van der Waals surface area contributed by atoms with Gasteiger partial charge in [0.2, 0.25) is 10.0 Å². The maximum absolute atomic E-state index is 12.9. The molecule has 1 aliphatic rings. The average molecular weight is 444 g/mol. The van der Waals surface area contributed by atoms with E-state index in [2.05, 4.69) is 22.0 Å². The Morgan fingerprint density at radius 1 is 1.06 bits per heavy atom. The van der Waals surface area contributed by atoms with Crippen LogP contribution in [-0.4, -0.2) is 67.5 Å². The molecule has 0 spiro atoms. The molecule has 0 amide bonds. The molecule has 1 aliphatic heterocycles. The summed E-state index contributed by atoms with van der Waals surface area (Å²) >= 11 is 0. The number of aromatic nitrogens is 1. The van der Waals surface area contributed by atoms with E-state index < -0.39 is 16.1 Å². The van der Waals surface area contributed by atoms with Crippen LogP contribution in [0.1, 0.15) is 22.9 Å². The number of hydrogen-bond donors (Lipinski definition) is 2. The Hall–Kier alpha value is -2.39. The number of aliphatic hydroxyl groups is 1. The number of aryl methyl sites for hydroxylation is 2. The molecule has 1 saturated heterocycles. The minimum absolute atomic E-state index is 0.270. The second-order valence-corrected chi connectivity index (χ2v) is 10.0. The zero-order chi connectivity index (χ0) is 22.2. The van der Waals surface area contributed by atoms with E-state index in [9.17, 15) is 13.5 Å². The van der Waals surface area contributed by atoms with E-state index in [4.69, 9.17) is 4.74 Å². The molecule has 0 saturated carbocycles. The average Bonchev–Trinajstić information content (AvgIpc) is 3.09. The third-order valence-corrected chi connectivity index (χ3v) is 7.90. The first-order valence-corrected chi connectivity index (χ1v) is 11.9. The maximum Gasteiger partial charge on any atom is 0.243 e. The van der Waals surface area contributed by atoms with Crippen molar-refractivity contribution in [1.29, 1.82) is 0 Å². The third kappa shape index (κ3) is 4.34. The molecular weight excluding hydrogens is 414 g/mol. The van der Waals surface area contributed by atoms with Crippen LogP contribution in [-0.2, 0) is 10.0 Å². The van der Waals surface area contributed by atoms with Crippen molar-refractivity contribution in [2.75, 3.05) is 39.8 Å². The fourth-order valence-electron chi connectivity index (χ4n) is 4.28. The first-order valence-electron chi connectivity index (χ1n) is 10.4. The maximum atomic E-state index is 12.9. The van der Waals surface area contributed by atoms with Gasteiger partial charge in [0.15, 0.2) is 0 Å². The Morgan fingerprint density at radius 3 is 2.39 bits per heavy atom. The molecular formula is C23H29N3O4S. The number of aliphatic hydroxyl groups excluding tert-OH is 1. The number of methoxy groups -OCH3 is 1. The number of sulfonamides is 1. The number of ether oxygens (including phenoxy) is 1. The van der Waals surface area contributed by atoms with Crippen molar-refractivity contribution >= 4 is 20.9 Å². The number of hydrogen-bond acceptors (Lipinski definition) is 5. The van der Waals surface area contributed by atoms with Gasteiger partial charge in [-0.25, -0.2) is 8.42 Å². The van der Waals surface area contributed by atoms with Crippen LogP contribution < -0.4 is 4.74 Å². The zero-order valence-electron chi connectivity index (χ0n) is 18.1. The molecule has 166 valence electrons. The van der Waals surface area contributed by atoms with Crippen LogP contribution in [0.3, 0.4) is 0 Å². The zero-order valence-corrected chi connectivity index (χ0v) is 18.9. The number of fused-ring (bicyclic) bond motifs is 1. The molecule has 2 aromatic carbocycles. The lowest BCUT2D eigenvalue weighted by Crippen LogP contribution is -2.49. The molecule has 7 nitrogen and oxygen atoms in total. The summed E-state index contributed by atoms with van der Waals surface area (Å²) in [6.45, 7) is 6.44. The summed E-state index contributed by atoms with van der Waals surface area (Å²) in [7, 11) is -1.99. The number of nitrogens with zero attached hydrogens (tertiary/aromatic N) is 2. The van der Waals surface area contributed by atoms with Gasteiger partial charge < -0.3 is 14.8 Å². The van der Waals surface area contributed by atoms with Gasteiger partial charge >= 0.3 is 0 Å². The summed E-state index contributed by atoms with van der Waals surface area (Å²) in [5, 5.41) is 12.0. The van der Waals surface area contributed by atoms with Crippen molar-refractivity contribution in [2.24, 2.45) is 0 Å². The number of aromatic amines is 1. The number of benzene rings is 2. The van der Waals surface area contributed by atoms with Crippen LogP contribution in [0.5, 0.6) is 5.75 Å². The highest BCUT2D eigenvalue weighted by Crippen LogP contribution is 2.29. The summed E-state index contributed by atoms with van der Waals surface area (Å²) in [5.74, 6) is 0.625. The molecule has 1 atom stereocenters. The highest BCUT2D eigenvalue weighted by Gasteiger charge is 2.30. The lowest BCUT2D eigenvalue weighted by Gasteiger charge is -2.35.